The number of rotatable bonds is 6. The van der Waals surface area contributed by atoms with E-state index >= 15 is 0 Å². The highest BCUT2D eigenvalue weighted by Gasteiger charge is 2.28. The van der Waals surface area contributed by atoms with E-state index in [4.69, 9.17) is 5.11 Å². The largest absolute Gasteiger partial charge is 0.481 e. The molecule has 1 aliphatic heterocycles. The van der Waals surface area contributed by atoms with Gasteiger partial charge in [-0.2, -0.15) is 5.10 Å². The third-order valence-corrected chi connectivity index (χ3v) is 4.20. The fourth-order valence-corrected chi connectivity index (χ4v) is 3.08. The summed E-state index contributed by atoms with van der Waals surface area (Å²) in [5, 5.41) is 22.4. The topological polar surface area (TPSA) is 95.7 Å². The van der Waals surface area contributed by atoms with Gasteiger partial charge in [-0.25, -0.2) is 4.79 Å². The standard InChI is InChI=1S/C17H19N3O4/c21-15(22)7-9-20-14-6-8-19(10-12-4-2-1-3-5-12)11-13(14)16(18-20)17(23)24/h1-5H,6-11H2,(H,21,22)(H,23,24). The summed E-state index contributed by atoms with van der Waals surface area (Å²) in [6, 6.07) is 10.0. The SMILES string of the molecule is O=C(O)CCn1nc(C(=O)O)c2c1CCN(Cc1ccccc1)C2. The van der Waals surface area contributed by atoms with Crippen molar-refractivity contribution < 1.29 is 19.8 Å². The first-order valence-corrected chi connectivity index (χ1v) is 7.84. The predicted molar refractivity (Wildman–Crippen MR) is 85.7 cm³/mol. The molecule has 0 saturated heterocycles. The molecule has 0 atom stereocenters. The van der Waals surface area contributed by atoms with Gasteiger partial charge in [0.05, 0.1) is 13.0 Å². The van der Waals surface area contributed by atoms with Crippen LogP contribution in [0.3, 0.4) is 0 Å². The zero-order chi connectivity index (χ0) is 17.1. The van der Waals surface area contributed by atoms with E-state index in [9.17, 15) is 14.7 Å². The Morgan fingerprint density at radius 3 is 2.58 bits per heavy atom. The number of aliphatic carboxylic acids is 1. The lowest BCUT2D eigenvalue weighted by Gasteiger charge is -2.27. The number of aryl methyl sites for hydroxylation is 1. The van der Waals surface area contributed by atoms with Crippen LogP contribution in [0, 0.1) is 0 Å². The number of benzene rings is 1. The summed E-state index contributed by atoms with van der Waals surface area (Å²) >= 11 is 0. The second-order valence-electron chi connectivity index (χ2n) is 5.89. The summed E-state index contributed by atoms with van der Waals surface area (Å²) in [6.45, 7) is 2.25. The van der Waals surface area contributed by atoms with Crippen LogP contribution in [0.25, 0.3) is 0 Å². The third kappa shape index (κ3) is 3.46. The van der Waals surface area contributed by atoms with E-state index in [2.05, 4.69) is 10.00 Å². The molecule has 24 heavy (non-hydrogen) atoms. The van der Waals surface area contributed by atoms with Crippen LogP contribution in [0.15, 0.2) is 30.3 Å². The fourth-order valence-electron chi connectivity index (χ4n) is 3.08. The molecule has 0 fully saturated rings. The van der Waals surface area contributed by atoms with Crippen molar-refractivity contribution in [3.05, 3.63) is 52.8 Å². The molecule has 7 heteroatoms. The molecule has 0 spiro atoms. The number of hydrogen-bond donors (Lipinski definition) is 2. The Hall–Kier alpha value is -2.67. The lowest BCUT2D eigenvalue weighted by atomic mass is 10.0. The number of hydrogen-bond acceptors (Lipinski definition) is 4. The number of carboxylic acid groups (broad SMARTS) is 2. The molecule has 3 rings (SSSR count). The minimum absolute atomic E-state index is 0.0353. The van der Waals surface area contributed by atoms with Gasteiger partial charge < -0.3 is 10.2 Å². The minimum Gasteiger partial charge on any atom is -0.481 e. The summed E-state index contributed by atoms with van der Waals surface area (Å²) in [5.74, 6) is -1.99. The molecule has 7 nitrogen and oxygen atoms in total. The molecule has 0 unspecified atom stereocenters. The Bertz CT molecular complexity index is 755. The van der Waals surface area contributed by atoms with Crippen molar-refractivity contribution in [1.82, 2.24) is 14.7 Å². The smallest absolute Gasteiger partial charge is 0.356 e. The summed E-state index contributed by atoms with van der Waals surface area (Å²) in [6.07, 6.45) is 0.600. The molecule has 0 amide bonds. The zero-order valence-corrected chi connectivity index (χ0v) is 13.2. The summed E-state index contributed by atoms with van der Waals surface area (Å²) in [4.78, 5) is 24.4. The van der Waals surface area contributed by atoms with E-state index in [0.717, 1.165) is 18.8 Å². The van der Waals surface area contributed by atoms with E-state index in [-0.39, 0.29) is 18.7 Å². The first-order valence-electron chi connectivity index (χ1n) is 7.84. The molecule has 0 aliphatic carbocycles. The fraction of sp³-hybridized carbons (Fsp3) is 0.353. The molecular weight excluding hydrogens is 310 g/mol. The lowest BCUT2D eigenvalue weighted by Crippen LogP contribution is -2.31. The molecule has 1 aromatic heterocycles. The summed E-state index contributed by atoms with van der Waals surface area (Å²) in [5.41, 5.74) is 2.76. The van der Waals surface area contributed by atoms with E-state index in [0.29, 0.717) is 18.5 Å². The van der Waals surface area contributed by atoms with E-state index in [1.807, 2.05) is 30.3 Å². The van der Waals surface area contributed by atoms with Gasteiger partial charge in [0.15, 0.2) is 5.69 Å². The Labute approximate surface area is 139 Å². The van der Waals surface area contributed by atoms with E-state index < -0.39 is 11.9 Å². The average Bonchev–Trinajstić information content (AvgIpc) is 2.92. The molecule has 0 saturated carbocycles. The van der Waals surface area contributed by atoms with E-state index in [1.165, 1.54) is 5.56 Å². The van der Waals surface area contributed by atoms with Crippen molar-refractivity contribution in [2.45, 2.75) is 32.5 Å². The molecule has 2 heterocycles. The molecule has 126 valence electrons. The van der Waals surface area contributed by atoms with Gasteiger partial charge in [0.1, 0.15) is 0 Å². The summed E-state index contributed by atoms with van der Waals surface area (Å²) < 4.78 is 1.55. The maximum atomic E-state index is 11.5. The minimum atomic E-state index is -1.07. The van der Waals surface area contributed by atoms with Gasteiger partial charge in [0.25, 0.3) is 0 Å². The number of carbonyl (C=O) groups is 2. The van der Waals surface area contributed by atoms with Crippen LogP contribution in [0.2, 0.25) is 0 Å². The van der Waals surface area contributed by atoms with Crippen LogP contribution >= 0.6 is 0 Å². The normalized spacial score (nSPS) is 14.3. The number of fused-ring (bicyclic) bond motifs is 1. The maximum absolute atomic E-state index is 11.5. The van der Waals surface area contributed by atoms with Crippen molar-refractivity contribution in [2.75, 3.05) is 6.54 Å². The molecule has 2 aromatic rings. The monoisotopic (exact) mass is 329 g/mol. The summed E-state index contributed by atoms with van der Waals surface area (Å²) in [7, 11) is 0. The number of aromatic carboxylic acids is 1. The molecule has 0 radical (unpaired) electrons. The zero-order valence-electron chi connectivity index (χ0n) is 13.2. The molecule has 0 bridgehead atoms. The van der Waals surface area contributed by atoms with Crippen molar-refractivity contribution in [3.8, 4) is 0 Å². The van der Waals surface area contributed by atoms with Gasteiger partial charge in [0, 0.05) is 37.3 Å². The van der Waals surface area contributed by atoms with Crippen molar-refractivity contribution in [2.24, 2.45) is 0 Å². The highest BCUT2D eigenvalue weighted by Crippen LogP contribution is 2.24. The van der Waals surface area contributed by atoms with Gasteiger partial charge in [0.2, 0.25) is 0 Å². The van der Waals surface area contributed by atoms with Gasteiger partial charge in [-0.15, -0.1) is 0 Å². The first-order chi connectivity index (χ1) is 11.5. The molecule has 1 aromatic carbocycles. The van der Waals surface area contributed by atoms with Crippen molar-refractivity contribution in [1.29, 1.82) is 0 Å². The molecule has 2 N–H and O–H groups in total. The molecule has 1 aliphatic rings. The third-order valence-electron chi connectivity index (χ3n) is 4.20. The van der Waals surface area contributed by atoms with Crippen LogP contribution in [0.4, 0.5) is 0 Å². The van der Waals surface area contributed by atoms with Crippen LogP contribution in [-0.4, -0.2) is 43.4 Å². The van der Waals surface area contributed by atoms with Crippen LogP contribution in [0.5, 0.6) is 0 Å². The highest BCUT2D eigenvalue weighted by atomic mass is 16.4. The lowest BCUT2D eigenvalue weighted by molar-refractivity contribution is -0.137. The Morgan fingerprint density at radius 2 is 1.92 bits per heavy atom. The number of carboxylic acids is 2. The first kappa shape index (κ1) is 16.2. The van der Waals surface area contributed by atoms with Gasteiger partial charge in [-0.3, -0.25) is 14.4 Å². The van der Waals surface area contributed by atoms with Crippen molar-refractivity contribution >= 4 is 11.9 Å². The van der Waals surface area contributed by atoms with Gasteiger partial charge in [-0.1, -0.05) is 30.3 Å². The number of aromatic nitrogens is 2. The highest BCUT2D eigenvalue weighted by molar-refractivity contribution is 5.87. The Kier molecular flexibility index (Phi) is 4.61. The quantitative estimate of drug-likeness (QED) is 0.836. The van der Waals surface area contributed by atoms with Crippen molar-refractivity contribution in [3.63, 3.8) is 0 Å². The van der Waals surface area contributed by atoms with E-state index in [1.54, 1.807) is 4.68 Å². The van der Waals surface area contributed by atoms with Gasteiger partial charge in [-0.05, 0) is 5.56 Å². The van der Waals surface area contributed by atoms with Crippen LogP contribution < -0.4 is 0 Å². The Balaban J connectivity index is 1.81. The maximum Gasteiger partial charge on any atom is 0.356 e. The average molecular weight is 329 g/mol. The van der Waals surface area contributed by atoms with Gasteiger partial charge >= 0.3 is 11.9 Å². The van der Waals surface area contributed by atoms with Crippen LogP contribution in [0.1, 0.15) is 33.7 Å². The Morgan fingerprint density at radius 1 is 1.17 bits per heavy atom. The molecular formula is C17H19N3O4. The number of nitrogens with zero attached hydrogens (tertiary/aromatic N) is 3. The second-order valence-corrected chi connectivity index (χ2v) is 5.89. The second kappa shape index (κ2) is 6.84. The predicted octanol–water partition coefficient (Wildman–Crippen LogP) is 1.61. The van der Waals surface area contributed by atoms with Crippen LogP contribution in [-0.2, 0) is 30.8 Å².